The van der Waals surface area contributed by atoms with Crippen LogP contribution >= 0.6 is 0 Å². The molecule has 27 heavy (non-hydrogen) atoms. The molecule has 0 aliphatic carbocycles. The van der Waals surface area contributed by atoms with Gasteiger partial charge in [0.2, 0.25) is 0 Å². The monoisotopic (exact) mass is 522 g/mol. The lowest BCUT2D eigenvalue weighted by Gasteiger charge is -2.66. The predicted molar refractivity (Wildman–Crippen MR) is 157 cm³/mol. The molecule has 1 aliphatic rings. The van der Waals surface area contributed by atoms with Gasteiger partial charge in [0.15, 0.2) is 0 Å². The summed E-state index contributed by atoms with van der Waals surface area (Å²) in [5.41, 5.74) is 0. The molecule has 0 bridgehead atoms. The standard InChI is InChI=1S/C18H54Si9/c1-19(2,3)26(20(4,5)6)23(13,14)24(15,16)27(21(7,8)9,22(10,11)12)25(26,17)18/h1-18H3. The van der Waals surface area contributed by atoms with Crippen LogP contribution in [0.4, 0.5) is 0 Å². The van der Waals surface area contributed by atoms with Gasteiger partial charge in [0, 0.05) is 64.0 Å². The minimum atomic E-state index is -1.26. The largest absolute Gasteiger partial charge is 0.0742 e. The van der Waals surface area contributed by atoms with Crippen LogP contribution in [-0.2, 0) is 0 Å². The molecule has 0 aromatic rings. The maximum atomic E-state index is 3.11. The van der Waals surface area contributed by atoms with E-state index in [2.05, 4.69) is 118 Å². The van der Waals surface area contributed by atoms with Crippen molar-refractivity contribution in [2.24, 2.45) is 0 Å². The third kappa shape index (κ3) is 2.74. The summed E-state index contributed by atoms with van der Waals surface area (Å²) in [4.78, 5) is 0. The number of hydrogen-bond donors (Lipinski definition) is 0. The molecule has 0 aromatic heterocycles. The van der Waals surface area contributed by atoms with Crippen molar-refractivity contribution < 1.29 is 0 Å². The van der Waals surface area contributed by atoms with E-state index in [1.807, 2.05) is 0 Å². The van der Waals surface area contributed by atoms with Gasteiger partial charge in [-0.2, -0.15) is 0 Å². The molecule has 0 saturated carbocycles. The van der Waals surface area contributed by atoms with Crippen LogP contribution in [0.15, 0.2) is 0 Å². The predicted octanol–water partition coefficient (Wildman–Crippen LogP) is 7.08. The van der Waals surface area contributed by atoms with Crippen molar-refractivity contribution in [3.05, 3.63) is 0 Å². The Hall–Kier alpha value is 1.95. The first-order chi connectivity index (χ1) is 11.2. The Bertz CT molecular complexity index is 512. The van der Waals surface area contributed by atoms with E-state index in [-0.39, 0.29) is 0 Å². The second-order valence-electron chi connectivity index (χ2n) is 15.4. The summed E-state index contributed by atoms with van der Waals surface area (Å²) in [6.45, 7) is 53.1. The topological polar surface area (TPSA) is 0 Å². The highest BCUT2D eigenvalue weighted by Gasteiger charge is 2.90. The Morgan fingerprint density at radius 2 is 0.444 bits per heavy atom. The molecule has 162 valence electrons. The average molecular weight is 523 g/mol. The fraction of sp³-hybridized carbons (Fsp3) is 1.00. The van der Waals surface area contributed by atoms with Crippen molar-refractivity contribution in [3.8, 4) is 0 Å². The Labute approximate surface area is 180 Å². The van der Waals surface area contributed by atoms with Crippen molar-refractivity contribution in [2.75, 3.05) is 0 Å². The van der Waals surface area contributed by atoms with E-state index in [0.29, 0.717) is 0 Å². The molecule has 0 unspecified atom stereocenters. The quantitative estimate of drug-likeness (QED) is 0.346. The van der Waals surface area contributed by atoms with Gasteiger partial charge in [-0.05, 0) is 0 Å². The van der Waals surface area contributed by atoms with Gasteiger partial charge in [-0.25, -0.2) is 0 Å². The van der Waals surface area contributed by atoms with Crippen LogP contribution in [0.25, 0.3) is 0 Å². The zero-order valence-corrected chi connectivity index (χ0v) is 31.5. The van der Waals surface area contributed by atoms with Gasteiger partial charge in [0.25, 0.3) is 0 Å². The fourth-order valence-corrected chi connectivity index (χ4v) is 602. The van der Waals surface area contributed by atoms with Gasteiger partial charge >= 0.3 is 0 Å². The van der Waals surface area contributed by atoms with Gasteiger partial charge in [-0.3, -0.25) is 0 Å². The lowest BCUT2D eigenvalue weighted by Crippen LogP contribution is -2.96. The van der Waals surface area contributed by atoms with Crippen molar-refractivity contribution in [1.29, 1.82) is 0 Å². The lowest BCUT2D eigenvalue weighted by molar-refractivity contribution is 1.77. The van der Waals surface area contributed by atoms with Crippen LogP contribution in [0.1, 0.15) is 0 Å². The molecule has 1 aliphatic heterocycles. The first kappa shape index (κ1) is 27.0. The highest BCUT2D eigenvalue weighted by molar-refractivity contribution is 8.39. The molecule has 0 N–H and O–H groups in total. The van der Waals surface area contributed by atoms with Gasteiger partial charge in [-0.15, -0.1) is 0 Å². The maximum Gasteiger partial charge on any atom is 0.0308 e. The van der Waals surface area contributed by atoms with Crippen LogP contribution in [0.2, 0.25) is 118 Å². The summed E-state index contributed by atoms with van der Waals surface area (Å²) in [7, 11) is -8.40. The van der Waals surface area contributed by atoms with E-state index >= 15 is 0 Å². The third-order valence-electron chi connectivity index (χ3n) is 9.81. The Balaban J connectivity index is 4.49. The molecule has 1 saturated heterocycles. The zero-order chi connectivity index (χ0) is 22.5. The summed E-state index contributed by atoms with van der Waals surface area (Å²) < 4.78 is 0. The maximum absolute atomic E-state index is 3.11. The van der Waals surface area contributed by atoms with E-state index < -0.39 is 64.0 Å². The van der Waals surface area contributed by atoms with Crippen LogP contribution in [0.3, 0.4) is 0 Å². The number of rotatable bonds is 4. The summed E-state index contributed by atoms with van der Waals surface area (Å²) in [6.07, 6.45) is -2.47. The lowest BCUT2D eigenvalue weighted by atomic mass is 11.8. The van der Waals surface area contributed by atoms with E-state index in [9.17, 15) is 0 Å². The first-order valence-electron chi connectivity index (χ1n) is 11.2. The molecule has 1 fully saturated rings. The van der Waals surface area contributed by atoms with Crippen LogP contribution < -0.4 is 0 Å². The Kier molecular flexibility index (Phi) is 6.48. The Morgan fingerprint density at radius 3 is 0.519 bits per heavy atom. The van der Waals surface area contributed by atoms with Crippen molar-refractivity contribution in [3.63, 3.8) is 0 Å². The highest BCUT2D eigenvalue weighted by atomic mass is 30.6. The molecule has 0 radical (unpaired) electrons. The molecule has 1 heterocycles. The van der Waals surface area contributed by atoms with Gasteiger partial charge in [0.05, 0.1) is 0 Å². The fourth-order valence-electron chi connectivity index (χ4n) is 12.5. The summed E-state index contributed by atoms with van der Waals surface area (Å²) in [5.74, 6) is 0. The summed E-state index contributed by atoms with van der Waals surface area (Å²) in [6, 6.07) is 0. The average Bonchev–Trinajstić information content (AvgIpc) is 2.26. The summed E-state index contributed by atoms with van der Waals surface area (Å²) >= 11 is 0. The van der Waals surface area contributed by atoms with Gasteiger partial charge in [0.1, 0.15) is 0 Å². The van der Waals surface area contributed by atoms with E-state index in [1.165, 1.54) is 0 Å². The molecular weight excluding hydrogens is 469 g/mol. The number of hydrogen-bond acceptors (Lipinski definition) is 0. The SMILES string of the molecule is C[Si](C)(C)[Si]1([Si](C)(C)C)[Si](C)(C)[Si](C)(C)[Si]([Si](C)(C)C)([Si](C)(C)C)[Si]1(C)C. The molecule has 1 rings (SSSR count). The van der Waals surface area contributed by atoms with Crippen LogP contribution in [0, 0.1) is 0 Å². The van der Waals surface area contributed by atoms with Gasteiger partial charge in [-0.1, -0.05) is 118 Å². The highest BCUT2D eigenvalue weighted by Crippen LogP contribution is 2.61. The zero-order valence-electron chi connectivity index (χ0n) is 22.5. The molecule has 9 heteroatoms. The van der Waals surface area contributed by atoms with Crippen molar-refractivity contribution >= 4 is 64.0 Å². The van der Waals surface area contributed by atoms with Crippen molar-refractivity contribution in [1.82, 2.24) is 0 Å². The second kappa shape index (κ2) is 6.49. The summed E-state index contributed by atoms with van der Waals surface area (Å²) in [5, 5.41) is 0. The van der Waals surface area contributed by atoms with E-state index in [4.69, 9.17) is 0 Å². The van der Waals surface area contributed by atoms with E-state index in [0.717, 1.165) is 0 Å². The molecule has 0 atom stereocenters. The smallest absolute Gasteiger partial charge is 0.0308 e. The third-order valence-corrected chi connectivity index (χ3v) is 291. The Morgan fingerprint density at radius 1 is 0.296 bits per heavy atom. The van der Waals surface area contributed by atoms with Crippen LogP contribution in [-0.4, -0.2) is 64.0 Å². The molecule has 0 amide bonds. The second-order valence-corrected chi connectivity index (χ2v) is 127. The molecular formula is C18H54Si9. The molecule has 0 nitrogen and oxygen atoms in total. The minimum Gasteiger partial charge on any atom is -0.0742 e. The van der Waals surface area contributed by atoms with Crippen LogP contribution in [0.5, 0.6) is 0 Å². The first-order valence-corrected chi connectivity index (χ1v) is 47.2. The normalized spacial score (nSPS) is 26.9. The molecule has 0 aromatic carbocycles. The van der Waals surface area contributed by atoms with Gasteiger partial charge < -0.3 is 0 Å². The molecule has 0 spiro atoms. The van der Waals surface area contributed by atoms with E-state index in [1.54, 1.807) is 0 Å². The van der Waals surface area contributed by atoms with Crippen molar-refractivity contribution in [2.45, 2.75) is 118 Å². The minimum absolute atomic E-state index is 1.18.